The second kappa shape index (κ2) is 13.0. The first-order valence-corrected chi connectivity index (χ1v) is 14.1. The Bertz CT molecular complexity index is 1300. The summed E-state index contributed by atoms with van der Waals surface area (Å²) in [5.41, 5.74) is 1.41. The van der Waals surface area contributed by atoms with Gasteiger partial charge < -0.3 is 10.2 Å². The molecule has 1 N–H and O–H groups in total. The minimum absolute atomic E-state index is 0.148. The van der Waals surface area contributed by atoms with Gasteiger partial charge in [0.15, 0.2) is 0 Å². The number of hydrogen-bond donors (Lipinski definition) is 1. The number of aromatic nitrogens is 1. The van der Waals surface area contributed by atoms with E-state index in [4.69, 9.17) is 0 Å². The lowest BCUT2D eigenvalue weighted by molar-refractivity contribution is -0.137. The Hall–Kier alpha value is -3.50. The van der Waals surface area contributed by atoms with Crippen LogP contribution in [-0.4, -0.2) is 66.0 Å². The number of carbonyl (C=O) groups is 1. The van der Waals surface area contributed by atoms with Gasteiger partial charge in [-0.1, -0.05) is 18.2 Å². The SMILES string of the molecule is O=C(CC[C@H]1CN(Cc2ccccn2)CC[C@H]1N1CCN(c2cccc(C(F)(F)F)c2)CC1)Nc1cccc(F)c1. The standard InChI is InChI=1S/C31H35F4N5O/c32-25-6-4-8-26(20-25)37-30(41)11-10-23-21-38(22-27-7-1-2-13-36-27)14-12-29(23)40-17-15-39(16-18-40)28-9-3-5-24(19-28)31(33,34)35/h1-9,13,19-20,23,29H,10-12,14-18,21-22H2,(H,37,41)/t23-,29+/m0/s1. The number of rotatable bonds is 8. The minimum Gasteiger partial charge on any atom is -0.369 e. The van der Waals surface area contributed by atoms with Gasteiger partial charge >= 0.3 is 6.18 Å². The van der Waals surface area contributed by atoms with Gasteiger partial charge in [-0.25, -0.2) is 4.39 Å². The van der Waals surface area contributed by atoms with Gasteiger partial charge in [0.2, 0.25) is 5.91 Å². The Morgan fingerprint density at radius 1 is 0.951 bits per heavy atom. The van der Waals surface area contributed by atoms with E-state index in [1.54, 1.807) is 24.4 Å². The molecule has 218 valence electrons. The molecule has 2 aliphatic heterocycles. The molecule has 0 bridgehead atoms. The van der Waals surface area contributed by atoms with Crippen LogP contribution in [0.1, 0.15) is 30.5 Å². The molecule has 2 aliphatic rings. The number of hydrogen-bond acceptors (Lipinski definition) is 5. The van der Waals surface area contributed by atoms with Crippen molar-refractivity contribution < 1.29 is 22.4 Å². The lowest BCUT2D eigenvalue weighted by Crippen LogP contribution is -2.56. The molecule has 5 rings (SSSR count). The summed E-state index contributed by atoms with van der Waals surface area (Å²) in [5.74, 6) is -0.319. The van der Waals surface area contributed by atoms with E-state index >= 15 is 0 Å². The molecule has 10 heteroatoms. The van der Waals surface area contributed by atoms with E-state index < -0.39 is 17.6 Å². The van der Waals surface area contributed by atoms with Crippen LogP contribution in [0, 0.1) is 11.7 Å². The molecule has 2 aromatic carbocycles. The predicted molar refractivity (Wildman–Crippen MR) is 151 cm³/mol. The molecule has 41 heavy (non-hydrogen) atoms. The maximum Gasteiger partial charge on any atom is 0.416 e. The van der Waals surface area contributed by atoms with Crippen molar-refractivity contribution in [2.45, 2.75) is 38.0 Å². The maximum absolute atomic E-state index is 13.6. The summed E-state index contributed by atoms with van der Waals surface area (Å²) in [4.78, 5) is 24.1. The Morgan fingerprint density at radius 3 is 2.49 bits per heavy atom. The summed E-state index contributed by atoms with van der Waals surface area (Å²) in [5, 5.41) is 2.80. The number of carbonyl (C=O) groups excluding carboxylic acids is 1. The summed E-state index contributed by atoms with van der Waals surface area (Å²) in [6.07, 6.45) is -0.639. The van der Waals surface area contributed by atoms with E-state index in [1.165, 1.54) is 24.3 Å². The zero-order valence-electron chi connectivity index (χ0n) is 22.9. The molecule has 0 aliphatic carbocycles. The summed E-state index contributed by atoms with van der Waals surface area (Å²) in [7, 11) is 0. The second-order valence-corrected chi connectivity index (χ2v) is 10.8. The van der Waals surface area contributed by atoms with Crippen LogP contribution in [0.3, 0.4) is 0 Å². The van der Waals surface area contributed by atoms with Crippen molar-refractivity contribution in [2.75, 3.05) is 49.5 Å². The molecule has 2 fully saturated rings. The third-order valence-electron chi connectivity index (χ3n) is 8.06. The molecule has 0 radical (unpaired) electrons. The number of alkyl halides is 3. The Labute approximate surface area is 238 Å². The lowest BCUT2D eigenvalue weighted by atomic mass is 9.86. The number of nitrogens with one attached hydrogen (secondary N) is 1. The Kier molecular flexibility index (Phi) is 9.19. The summed E-state index contributed by atoms with van der Waals surface area (Å²) < 4.78 is 53.3. The number of piperidine rings is 1. The lowest BCUT2D eigenvalue weighted by Gasteiger charge is -2.47. The van der Waals surface area contributed by atoms with Gasteiger partial charge in [-0.15, -0.1) is 0 Å². The first kappa shape index (κ1) is 29.0. The highest BCUT2D eigenvalue weighted by atomic mass is 19.4. The fraction of sp³-hybridized carbons (Fsp3) is 0.419. The highest BCUT2D eigenvalue weighted by Crippen LogP contribution is 2.33. The van der Waals surface area contributed by atoms with E-state index in [0.717, 1.165) is 50.9 Å². The van der Waals surface area contributed by atoms with Gasteiger partial charge in [-0.3, -0.25) is 19.6 Å². The third-order valence-corrected chi connectivity index (χ3v) is 8.06. The van der Waals surface area contributed by atoms with Gasteiger partial charge in [-0.2, -0.15) is 13.2 Å². The second-order valence-electron chi connectivity index (χ2n) is 10.8. The van der Waals surface area contributed by atoms with Crippen molar-refractivity contribution in [1.82, 2.24) is 14.8 Å². The maximum atomic E-state index is 13.6. The number of likely N-dealkylation sites (tertiary alicyclic amines) is 1. The number of halogens is 4. The zero-order chi connectivity index (χ0) is 28.8. The third kappa shape index (κ3) is 7.83. The minimum atomic E-state index is -4.37. The molecule has 2 atom stereocenters. The van der Waals surface area contributed by atoms with Crippen LogP contribution in [0.25, 0.3) is 0 Å². The number of nitrogens with zero attached hydrogens (tertiary/aromatic N) is 4. The van der Waals surface area contributed by atoms with Gasteiger partial charge in [0.1, 0.15) is 5.82 Å². The fourth-order valence-corrected chi connectivity index (χ4v) is 6.02. The molecule has 3 aromatic rings. The van der Waals surface area contributed by atoms with E-state index in [1.807, 2.05) is 23.1 Å². The van der Waals surface area contributed by atoms with Gasteiger partial charge in [0.25, 0.3) is 0 Å². The highest BCUT2D eigenvalue weighted by Gasteiger charge is 2.36. The van der Waals surface area contributed by atoms with Crippen LogP contribution in [-0.2, 0) is 17.5 Å². The molecule has 6 nitrogen and oxygen atoms in total. The average Bonchev–Trinajstić information content (AvgIpc) is 2.96. The molecular formula is C31H35F4N5O. The normalized spacial score (nSPS) is 20.6. The van der Waals surface area contributed by atoms with Crippen LogP contribution < -0.4 is 10.2 Å². The van der Waals surface area contributed by atoms with Crippen molar-refractivity contribution in [2.24, 2.45) is 5.92 Å². The molecule has 3 heterocycles. The number of piperazine rings is 1. The van der Waals surface area contributed by atoms with E-state index in [-0.39, 0.29) is 17.9 Å². The van der Waals surface area contributed by atoms with Crippen molar-refractivity contribution in [3.63, 3.8) is 0 Å². The molecule has 2 saturated heterocycles. The van der Waals surface area contributed by atoms with Crippen LogP contribution in [0.4, 0.5) is 28.9 Å². The first-order chi connectivity index (χ1) is 19.7. The van der Waals surface area contributed by atoms with Crippen LogP contribution in [0.15, 0.2) is 72.9 Å². The molecular weight excluding hydrogens is 534 g/mol. The Morgan fingerprint density at radius 2 is 1.76 bits per heavy atom. The predicted octanol–water partition coefficient (Wildman–Crippen LogP) is 5.67. The quantitative estimate of drug-likeness (QED) is 0.355. The molecule has 0 unspecified atom stereocenters. The molecule has 0 saturated carbocycles. The van der Waals surface area contributed by atoms with Crippen molar-refractivity contribution in [1.29, 1.82) is 0 Å². The van der Waals surface area contributed by atoms with Crippen molar-refractivity contribution in [3.8, 4) is 0 Å². The zero-order valence-corrected chi connectivity index (χ0v) is 22.9. The number of amides is 1. The van der Waals surface area contributed by atoms with Gasteiger partial charge in [0, 0.05) is 75.8 Å². The summed E-state index contributed by atoms with van der Waals surface area (Å²) in [6, 6.07) is 17.6. The number of benzene rings is 2. The van der Waals surface area contributed by atoms with Crippen molar-refractivity contribution >= 4 is 17.3 Å². The Balaban J connectivity index is 1.22. The monoisotopic (exact) mass is 569 g/mol. The first-order valence-electron chi connectivity index (χ1n) is 14.1. The average molecular weight is 570 g/mol. The number of anilines is 2. The molecule has 1 aromatic heterocycles. The highest BCUT2D eigenvalue weighted by molar-refractivity contribution is 5.90. The molecule has 0 spiro atoms. The van der Waals surface area contributed by atoms with Crippen molar-refractivity contribution in [3.05, 3.63) is 90.0 Å². The largest absolute Gasteiger partial charge is 0.416 e. The van der Waals surface area contributed by atoms with Gasteiger partial charge in [-0.05, 0) is 67.3 Å². The van der Waals surface area contributed by atoms with E-state index in [9.17, 15) is 22.4 Å². The van der Waals surface area contributed by atoms with Gasteiger partial charge in [0.05, 0.1) is 11.3 Å². The van der Waals surface area contributed by atoms with E-state index in [0.29, 0.717) is 37.3 Å². The topological polar surface area (TPSA) is 51.7 Å². The smallest absolute Gasteiger partial charge is 0.369 e. The van der Waals surface area contributed by atoms with E-state index in [2.05, 4.69) is 20.1 Å². The number of pyridine rings is 1. The van der Waals surface area contributed by atoms with Crippen LogP contribution >= 0.6 is 0 Å². The summed E-state index contributed by atoms with van der Waals surface area (Å²) in [6.45, 7) is 5.23. The van der Waals surface area contributed by atoms with Crippen LogP contribution in [0.2, 0.25) is 0 Å². The molecule has 1 amide bonds. The van der Waals surface area contributed by atoms with Crippen LogP contribution in [0.5, 0.6) is 0 Å². The fourth-order valence-electron chi connectivity index (χ4n) is 6.02. The summed E-state index contributed by atoms with van der Waals surface area (Å²) >= 11 is 0.